The van der Waals surface area contributed by atoms with E-state index in [4.69, 9.17) is 10.2 Å². The zero-order chi connectivity index (χ0) is 8.85. The summed E-state index contributed by atoms with van der Waals surface area (Å²) in [6, 6.07) is 0. The van der Waals surface area contributed by atoms with E-state index in [1.807, 2.05) is 0 Å². The Kier molecular flexibility index (Phi) is 4.76. The average molecular weight is 163 g/mol. The molecular formula is C6H11O5. The fourth-order valence-electron chi connectivity index (χ4n) is 0.476. The van der Waals surface area contributed by atoms with Gasteiger partial charge in [-0.15, -0.1) is 0 Å². The van der Waals surface area contributed by atoms with Crippen molar-refractivity contribution in [3.05, 3.63) is 0 Å². The molecule has 0 rings (SSSR count). The average Bonchev–Trinajstić information content (AvgIpc) is 2.02. The van der Waals surface area contributed by atoms with E-state index < -0.39 is 24.8 Å². The molecule has 2 atom stereocenters. The van der Waals surface area contributed by atoms with Crippen molar-refractivity contribution in [1.29, 1.82) is 0 Å². The Labute approximate surface area is 64.2 Å². The monoisotopic (exact) mass is 163 g/mol. The molecule has 0 aliphatic heterocycles. The van der Waals surface area contributed by atoms with Crippen molar-refractivity contribution >= 4 is 5.97 Å². The van der Waals surface area contributed by atoms with Crippen molar-refractivity contribution in [2.24, 2.45) is 0 Å². The number of ether oxygens (including phenoxy) is 1. The van der Waals surface area contributed by atoms with Crippen LogP contribution in [0.5, 0.6) is 0 Å². The van der Waals surface area contributed by atoms with Crippen molar-refractivity contribution < 1.29 is 24.9 Å². The second-order valence-corrected chi connectivity index (χ2v) is 1.93. The van der Waals surface area contributed by atoms with Gasteiger partial charge in [-0.25, -0.2) is 9.90 Å². The van der Waals surface area contributed by atoms with Crippen LogP contribution >= 0.6 is 0 Å². The summed E-state index contributed by atoms with van der Waals surface area (Å²) in [5.74, 6) is -0.962. The molecule has 1 radical (unpaired) electrons. The predicted molar refractivity (Wildman–Crippen MR) is 34.2 cm³/mol. The highest BCUT2D eigenvalue weighted by Gasteiger charge is 2.24. The molecular weight excluding hydrogens is 152 g/mol. The summed E-state index contributed by atoms with van der Waals surface area (Å²) in [7, 11) is 0. The summed E-state index contributed by atoms with van der Waals surface area (Å²) in [4.78, 5) is 10.6. The number of hydrogen-bond donors (Lipinski definition) is 2. The SMILES string of the molecule is CCOC(=O)C(O)C(O)C[O]. The summed E-state index contributed by atoms with van der Waals surface area (Å²) >= 11 is 0. The zero-order valence-corrected chi connectivity index (χ0v) is 6.19. The summed E-state index contributed by atoms with van der Waals surface area (Å²) in [6.45, 7) is 0.760. The Balaban J connectivity index is 3.80. The number of carbonyl (C=O) groups excluding carboxylic acids is 1. The Morgan fingerprint density at radius 1 is 1.55 bits per heavy atom. The molecule has 11 heavy (non-hydrogen) atoms. The number of carbonyl (C=O) groups is 1. The van der Waals surface area contributed by atoms with E-state index in [2.05, 4.69) is 4.74 Å². The highest BCUT2D eigenvalue weighted by atomic mass is 16.5. The molecule has 5 heteroatoms. The zero-order valence-electron chi connectivity index (χ0n) is 6.19. The quantitative estimate of drug-likeness (QED) is 0.504. The third-order valence-electron chi connectivity index (χ3n) is 1.06. The van der Waals surface area contributed by atoms with Crippen LogP contribution < -0.4 is 0 Å². The lowest BCUT2D eigenvalue weighted by molar-refractivity contribution is -0.161. The number of rotatable bonds is 4. The highest BCUT2D eigenvalue weighted by molar-refractivity contribution is 5.75. The maximum absolute atomic E-state index is 10.6. The smallest absolute Gasteiger partial charge is 0.337 e. The van der Waals surface area contributed by atoms with Gasteiger partial charge in [0, 0.05) is 0 Å². The maximum atomic E-state index is 10.6. The Bertz CT molecular complexity index is 124. The summed E-state index contributed by atoms with van der Waals surface area (Å²) in [5.41, 5.74) is 0. The lowest BCUT2D eigenvalue weighted by atomic mass is 10.2. The minimum absolute atomic E-state index is 0.113. The first-order valence-corrected chi connectivity index (χ1v) is 3.24. The lowest BCUT2D eigenvalue weighted by Crippen LogP contribution is -2.37. The van der Waals surface area contributed by atoms with Gasteiger partial charge in [-0.1, -0.05) is 0 Å². The van der Waals surface area contributed by atoms with Crippen LogP contribution in [0, 0.1) is 0 Å². The van der Waals surface area contributed by atoms with E-state index >= 15 is 0 Å². The fraction of sp³-hybridized carbons (Fsp3) is 0.833. The molecule has 0 heterocycles. The van der Waals surface area contributed by atoms with E-state index in [9.17, 15) is 9.90 Å². The Hall–Kier alpha value is -0.650. The molecule has 0 amide bonds. The van der Waals surface area contributed by atoms with E-state index in [1.54, 1.807) is 6.92 Å². The van der Waals surface area contributed by atoms with Crippen molar-refractivity contribution in [2.75, 3.05) is 13.2 Å². The highest BCUT2D eigenvalue weighted by Crippen LogP contribution is 1.95. The van der Waals surface area contributed by atoms with Crippen molar-refractivity contribution in [2.45, 2.75) is 19.1 Å². The van der Waals surface area contributed by atoms with Gasteiger partial charge in [-0.2, -0.15) is 0 Å². The number of aliphatic hydroxyl groups excluding tert-OH is 2. The first-order chi connectivity index (χ1) is 5.13. The van der Waals surface area contributed by atoms with Crippen molar-refractivity contribution in [1.82, 2.24) is 0 Å². The van der Waals surface area contributed by atoms with E-state index in [0.717, 1.165) is 0 Å². The number of hydrogen-bond acceptors (Lipinski definition) is 4. The first kappa shape index (κ1) is 10.3. The predicted octanol–water partition coefficient (Wildman–Crippen LogP) is -1.30. The molecule has 65 valence electrons. The molecule has 2 N–H and O–H groups in total. The molecule has 0 saturated heterocycles. The van der Waals surface area contributed by atoms with Gasteiger partial charge in [0.15, 0.2) is 6.10 Å². The van der Waals surface area contributed by atoms with Crippen LogP contribution in [0.15, 0.2) is 0 Å². The summed E-state index contributed by atoms with van der Waals surface area (Å²) in [6.07, 6.45) is -3.29. The molecule has 0 aliphatic rings. The number of aliphatic hydroxyl groups is 2. The molecule has 0 aromatic rings. The van der Waals surface area contributed by atoms with Gasteiger partial charge in [-0.05, 0) is 6.92 Å². The minimum Gasteiger partial charge on any atom is -0.464 e. The van der Waals surface area contributed by atoms with Gasteiger partial charge in [0.1, 0.15) is 12.7 Å². The second kappa shape index (κ2) is 5.06. The minimum atomic E-state index is -1.72. The molecule has 0 aromatic carbocycles. The molecule has 0 aliphatic carbocycles. The molecule has 0 bridgehead atoms. The van der Waals surface area contributed by atoms with Crippen LogP contribution in [0.1, 0.15) is 6.92 Å². The molecule has 0 saturated carbocycles. The van der Waals surface area contributed by atoms with Crippen molar-refractivity contribution in [3.63, 3.8) is 0 Å². The van der Waals surface area contributed by atoms with Crippen LogP contribution in [0.4, 0.5) is 0 Å². The van der Waals surface area contributed by atoms with Gasteiger partial charge in [0.25, 0.3) is 0 Å². The largest absolute Gasteiger partial charge is 0.464 e. The normalized spacial score (nSPS) is 15.6. The van der Waals surface area contributed by atoms with Gasteiger partial charge in [0.2, 0.25) is 0 Å². The van der Waals surface area contributed by atoms with Gasteiger partial charge < -0.3 is 14.9 Å². The van der Waals surface area contributed by atoms with E-state index in [1.165, 1.54) is 0 Å². The van der Waals surface area contributed by atoms with Gasteiger partial charge >= 0.3 is 5.97 Å². The van der Waals surface area contributed by atoms with Crippen LogP contribution in [0.3, 0.4) is 0 Å². The van der Waals surface area contributed by atoms with Crippen molar-refractivity contribution in [3.8, 4) is 0 Å². The van der Waals surface area contributed by atoms with E-state index in [0.29, 0.717) is 0 Å². The first-order valence-electron chi connectivity index (χ1n) is 3.24. The molecule has 0 aromatic heterocycles. The third kappa shape index (κ3) is 3.31. The molecule has 0 spiro atoms. The standard InChI is InChI=1S/C6H11O5/c1-2-11-6(10)5(9)4(8)3-7/h4-5,8-9H,2-3H2,1H3. The third-order valence-corrected chi connectivity index (χ3v) is 1.06. The second-order valence-electron chi connectivity index (χ2n) is 1.93. The summed E-state index contributed by atoms with van der Waals surface area (Å²) in [5, 5.41) is 27.4. The van der Waals surface area contributed by atoms with E-state index in [-0.39, 0.29) is 6.61 Å². The van der Waals surface area contributed by atoms with Crippen LogP contribution in [-0.2, 0) is 14.6 Å². The molecule has 0 fully saturated rings. The molecule has 5 nitrogen and oxygen atoms in total. The fourth-order valence-corrected chi connectivity index (χ4v) is 0.476. The van der Waals surface area contributed by atoms with Crippen LogP contribution in [0.2, 0.25) is 0 Å². The Morgan fingerprint density at radius 3 is 2.45 bits per heavy atom. The lowest BCUT2D eigenvalue weighted by Gasteiger charge is -2.12. The van der Waals surface area contributed by atoms with Gasteiger partial charge in [-0.3, -0.25) is 0 Å². The van der Waals surface area contributed by atoms with Crippen LogP contribution in [-0.4, -0.2) is 41.6 Å². The Morgan fingerprint density at radius 2 is 2.09 bits per heavy atom. The van der Waals surface area contributed by atoms with Gasteiger partial charge in [0.05, 0.1) is 6.61 Å². The maximum Gasteiger partial charge on any atom is 0.337 e. The molecule has 2 unspecified atom stereocenters. The summed E-state index contributed by atoms with van der Waals surface area (Å²) < 4.78 is 4.34. The number of esters is 1. The topological polar surface area (TPSA) is 86.7 Å². The van der Waals surface area contributed by atoms with Crippen LogP contribution in [0.25, 0.3) is 0 Å².